The Balaban J connectivity index is 0.801. The first-order chi connectivity index (χ1) is 28.2. The van der Waals surface area contributed by atoms with Crippen LogP contribution in [0.15, 0.2) is 71.7 Å². The lowest BCUT2D eigenvalue weighted by atomic mass is 9.49. The largest absolute Gasteiger partial charge is 0.489 e. The highest BCUT2D eigenvalue weighted by atomic mass is 35.5. The van der Waals surface area contributed by atoms with Crippen LogP contribution in [0, 0.1) is 28.1 Å². The zero-order chi connectivity index (χ0) is 41.6. The van der Waals surface area contributed by atoms with Crippen LogP contribution in [0.2, 0.25) is 5.02 Å². The summed E-state index contributed by atoms with van der Waals surface area (Å²) in [5.74, 6) is 0.892. The van der Waals surface area contributed by atoms with E-state index in [0.717, 1.165) is 75.4 Å². The number of anilines is 2. The van der Waals surface area contributed by atoms with Gasteiger partial charge in [-0.25, -0.2) is 4.68 Å². The molecule has 4 fully saturated rings. The molecule has 14 heteroatoms. The number of halogens is 1. The molecule has 1 aliphatic carbocycles. The molecule has 3 N–H and O–H groups in total. The molecular weight excluding hydrogens is 768 g/mol. The van der Waals surface area contributed by atoms with Gasteiger partial charge in [-0.1, -0.05) is 45.4 Å². The fourth-order valence-electron chi connectivity index (χ4n) is 10.2. The maximum absolute atomic E-state index is 13.5. The number of aliphatic hydroxyl groups is 1. The van der Waals surface area contributed by atoms with Crippen LogP contribution >= 0.6 is 11.6 Å². The number of carbonyl (C=O) groups is 2. The van der Waals surface area contributed by atoms with Crippen LogP contribution in [-0.4, -0.2) is 95.8 Å². The number of ether oxygens (including phenoxy) is 1. The Morgan fingerprint density at radius 3 is 2.27 bits per heavy atom. The van der Waals surface area contributed by atoms with Gasteiger partial charge in [0.25, 0.3) is 11.5 Å². The summed E-state index contributed by atoms with van der Waals surface area (Å²) in [6.45, 7) is 15.1. The van der Waals surface area contributed by atoms with Crippen molar-refractivity contribution in [2.24, 2.45) is 16.7 Å². The molecule has 310 valence electrons. The first kappa shape index (κ1) is 40.6. The number of amides is 2. The van der Waals surface area contributed by atoms with E-state index in [0.29, 0.717) is 39.6 Å². The molecule has 3 aliphatic heterocycles. The van der Waals surface area contributed by atoms with Crippen molar-refractivity contribution in [2.75, 3.05) is 55.6 Å². The van der Waals surface area contributed by atoms with Gasteiger partial charge in [0.05, 0.1) is 22.2 Å². The summed E-state index contributed by atoms with van der Waals surface area (Å²) in [7, 11) is 0. The average molecular weight is 821 g/mol. The lowest BCUT2D eigenvalue weighted by Crippen LogP contribution is -2.74. The van der Waals surface area contributed by atoms with Gasteiger partial charge in [-0.2, -0.15) is 10.4 Å². The van der Waals surface area contributed by atoms with E-state index >= 15 is 0 Å². The Hall–Kier alpha value is -5.16. The molecule has 1 unspecified atom stereocenters. The highest BCUT2D eigenvalue weighted by molar-refractivity contribution is 6.31. The maximum atomic E-state index is 13.5. The van der Waals surface area contributed by atoms with E-state index in [1.54, 1.807) is 24.4 Å². The van der Waals surface area contributed by atoms with Crippen LogP contribution in [0.1, 0.15) is 75.3 Å². The number of piperidine rings is 2. The highest BCUT2D eigenvalue weighted by Gasteiger charge is 2.64. The number of nitriles is 1. The monoisotopic (exact) mass is 820 g/mol. The average Bonchev–Trinajstić information content (AvgIpc) is 3.23. The number of nitrogens with one attached hydrogen (secondary N) is 2. The first-order valence-electron chi connectivity index (χ1n) is 20.7. The summed E-state index contributed by atoms with van der Waals surface area (Å²) in [6, 6.07) is 20.4. The summed E-state index contributed by atoms with van der Waals surface area (Å²) in [4.78, 5) is 46.0. The second kappa shape index (κ2) is 16.1. The highest BCUT2D eigenvalue weighted by Crippen LogP contribution is 2.55. The minimum atomic E-state index is -1.14. The normalized spacial score (nSPS) is 24.5. The SMILES string of the molecule is CC1(C)C(NC(=O)c2ccc(N3CCC(CN4CCN(c5ccc6cnn([C@@H]7CCC(=O)NC7O)c(=O)c6c5)CC4)CC3)cc2)C(C)(C)C1Oc1ccc(C#N)c(Cl)c1. The number of hydrogen-bond donors (Lipinski definition) is 3. The van der Waals surface area contributed by atoms with Crippen LogP contribution in [-0.2, 0) is 4.79 Å². The van der Waals surface area contributed by atoms with Crippen molar-refractivity contribution in [2.45, 2.75) is 77.8 Å². The fraction of sp³-hybridized carbons (Fsp3) is 0.489. The molecule has 1 saturated carbocycles. The van der Waals surface area contributed by atoms with E-state index in [9.17, 15) is 24.8 Å². The van der Waals surface area contributed by atoms with Gasteiger partial charge in [0.1, 0.15) is 30.2 Å². The standard InChI is InChI=1S/C45H53ClN8O5/c1-44(2)42(45(3,4)43(44)59-34-12-8-30(25-47)36(46)24-34)50-39(56)29-5-9-32(10-6-29)52-17-15-28(16-18-52)27-51-19-21-53(22-20-51)33-11-7-31-26-48-54(41(58)35(31)23-33)37-13-14-38(55)49-40(37)57/h5-12,23-24,26,28,37,40,42-43,57H,13-22,27H2,1-4H3,(H,49,55)(H,50,56)/t37-,40?,42?,43?/m1/s1. The summed E-state index contributed by atoms with van der Waals surface area (Å²) in [6.07, 6.45) is 3.16. The van der Waals surface area contributed by atoms with Crippen LogP contribution < -0.4 is 30.7 Å². The van der Waals surface area contributed by atoms with E-state index in [4.69, 9.17) is 16.3 Å². The van der Waals surface area contributed by atoms with Crippen molar-refractivity contribution in [3.05, 3.63) is 93.4 Å². The van der Waals surface area contributed by atoms with Gasteiger partial charge in [0.2, 0.25) is 5.91 Å². The quantitative estimate of drug-likeness (QED) is 0.202. The number of aromatic nitrogens is 2. The Labute approximate surface area is 349 Å². The Morgan fingerprint density at radius 1 is 0.932 bits per heavy atom. The molecule has 4 aromatic rings. The van der Waals surface area contributed by atoms with Crippen LogP contribution in [0.3, 0.4) is 0 Å². The molecule has 8 rings (SSSR count). The number of piperazine rings is 1. The van der Waals surface area contributed by atoms with Crippen molar-refractivity contribution in [3.8, 4) is 11.8 Å². The van der Waals surface area contributed by atoms with Gasteiger partial charge >= 0.3 is 0 Å². The molecular formula is C45H53ClN8O5. The van der Waals surface area contributed by atoms with Crippen molar-refractivity contribution < 1.29 is 19.4 Å². The molecule has 0 radical (unpaired) electrons. The fourth-order valence-corrected chi connectivity index (χ4v) is 10.4. The second-order valence-corrected chi connectivity index (χ2v) is 18.3. The van der Waals surface area contributed by atoms with Gasteiger partial charge < -0.3 is 30.3 Å². The van der Waals surface area contributed by atoms with Gasteiger partial charge in [-0.3, -0.25) is 19.3 Å². The Kier molecular flexibility index (Phi) is 11.1. The third kappa shape index (κ3) is 7.98. The van der Waals surface area contributed by atoms with Crippen LogP contribution in [0.4, 0.5) is 11.4 Å². The predicted octanol–water partition coefficient (Wildman–Crippen LogP) is 5.34. The zero-order valence-corrected chi connectivity index (χ0v) is 34.9. The number of benzene rings is 3. The number of hydrogen-bond acceptors (Lipinski definition) is 10. The molecule has 59 heavy (non-hydrogen) atoms. The van der Waals surface area contributed by atoms with E-state index in [-0.39, 0.29) is 46.8 Å². The Morgan fingerprint density at radius 2 is 1.61 bits per heavy atom. The third-order valence-corrected chi connectivity index (χ3v) is 13.6. The predicted molar refractivity (Wildman–Crippen MR) is 228 cm³/mol. The number of aliphatic hydroxyl groups excluding tert-OH is 1. The minimum Gasteiger partial charge on any atom is -0.489 e. The molecule has 4 aliphatic rings. The first-order valence-corrected chi connectivity index (χ1v) is 21.1. The number of nitrogens with zero attached hydrogens (tertiary/aromatic N) is 6. The summed E-state index contributed by atoms with van der Waals surface area (Å²) < 4.78 is 7.71. The van der Waals surface area contributed by atoms with Crippen molar-refractivity contribution in [1.82, 2.24) is 25.3 Å². The minimum absolute atomic E-state index is 0.101. The molecule has 0 spiro atoms. The molecule has 3 aromatic carbocycles. The van der Waals surface area contributed by atoms with Gasteiger partial charge in [-0.15, -0.1) is 0 Å². The number of rotatable bonds is 9. The summed E-state index contributed by atoms with van der Waals surface area (Å²) in [5.41, 5.74) is 2.22. The van der Waals surface area contributed by atoms with Gasteiger partial charge in [0, 0.05) is 97.5 Å². The van der Waals surface area contributed by atoms with Crippen molar-refractivity contribution in [1.29, 1.82) is 5.26 Å². The molecule has 4 heterocycles. The van der Waals surface area contributed by atoms with E-state index in [1.807, 2.05) is 30.3 Å². The summed E-state index contributed by atoms with van der Waals surface area (Å²) in [5, 5.41) is 31.4. The van der Waals surface area contributed by atoms with Gasteiger partial charge in [0.15, 0.2) is 0 Å². The number of carbonyl (C=O) groups excluding carboxylic acids is 2. The lowest BCUT2D eigenvalue weighted by molar-refractivity contribution is -0.164. The van der Waals surface area contributed by atoms with Crippen molar-refractivity contribution >= 4 is 45.6 Å². The van der Waals surface area contributed by atoms with Crippen LogP contribution in [0.5, 0.6) is 5.75 Å². The second-order valence-electron chi connectivity index (χ2n) is 17.8. The molecule has 1 aromatic heterocycles. The summed E-state index contributed by atoms with van der Waals surface area (Å²) >= 11 is 6.26. The molecule has 3 saturated heterocycles. The topological polar surface area (TPSA) is 156 Å². The van der Waals surface area contributed by atoms with Crippen molar-refractivity contribution in [3.63, 3.8) is 0 Å². The number of fused-ring (bicyclic) bond motifs is 1. The smallest absolute Gasteiger partial charge is 0.275 e. The maximum Gasteiger partial charge on any atom is 0.275 e. The molecule has 2 atom stereocenters. The van der Waals surface area contributed by atoms with Crippen LogP contribution in [0.25, 0.3) is 10.8 Å². The third-order valence-electron chi connectivity index (χ3n) is 13.2. The lowest BCUT2D eigenvalue weighted by Gasteiger charge is -2.63. The van der Waals surface area contributed by atoms with E-state index < -0.39 is 12.3 Å². The van der Waals surface area contributed by atoms with Gasteiger partial charge in [-0.05, 0) is 73.7 Å². The molecule has 2 amide bonds. The zero-order valence-electron chi connectivity index (χ0n) is 34.2. The molecule has 13 nitrogen and oxygen atoms in total. The van der Waals surface area contributed by atoms with E-state index in [1.165, 1.54) is 4.68 Å². The molecule has 0 bridgehead atoms. The Bertz CT molecular complexity index is 2310. The van der Waals surface area contributed by atoms with E-state index in [2.05, 4.69) is 76.3 Å².